The minimum Gasteiger partial charge on any atom is -0.367 e. The molecule has 78 valence electrons. The van der Waals surface area contributed by atoms with Crippen molar-refractivity contribution in [2.75, 3.05) is 11.9 Å². The third-order valence-corrected chi connectivity index (χ3v) is 1.96. The second-order valence-corrected chi connectivity index (χ2v) is 3.56. The maximum Gasteiger partial charge on any atom is 0.130 e. The van der Waals surface area contributed by atoms with Crippen molar-refractivity contribution in [1.29, 1.82) is 0 Å². The van der Waals surface area contributed by atoms with E-state index in [9.17, 15) is 0 Å². The van der Waals surface area contributed by atoms with Crippen LogP contribution in [0.15, 0.2) is 6.07 Å². The summed E-state index contributed by atoms with van der Waals surface area (Å²) in [6, 6.07) is 2.30. The van der Waals surface area contributed by atoms with E-state index in [-0.39, 0.29) is 0 Å². The van der Waals surface area contributed by atoms with E-state index < -0.39 is 0 Å². The van der Waals surface area contributed by atoms with Gasteiger partial charge in [-0.1, -0.05) is 0 Å². The van der Waals surface area contributed by atoms with Crippen molar-refractivity contribution in [3.63, 3.8) is 0 Å². The van der Waals surface area contributed by atoms with Gasteiger partial charge in [0.15, 0.2) is 0 Å². The summed E-state index contributed by atoms with van der Waals surface area (Å²) in [4.78, 5) is 8.50. The first-order chi connectivity index (χ1) is 6.61. The van der Waals surface area contributed by atoms with Crippen LogP contribution in [0, 0.1) is 13.8 Å². The first-order valence-corrected chi connectivity index (χ1v) is 4.90. The topological polar surface area (TPSA) is 63.8 Å². The second-order valence-electron chi connectivity index (χ2n) is 3.56. The Kier molecular flexibility index (Phi) is 3.83. The summed E-state index contributed by atoms with van der Waals surface area (Å²) in [5.41, 5.74) is 6.46. The van der Waals surface area contributed by atoms with Gasteiger partial charge in [0.1, 0.15) is 11.6 Å². The van der Waals surface area contributed by atoms with Crippen molar-refractivity contribution in [3.05, 3.63) is 17.6 Å². The molecule has 0 aliphatic carbocycles. The van der Waals surface area contributed by atoms with E-state index in [0.717, 1.165) is 23.8 Å². The smallest absolute Gasteiger partial charge is 0.130 e. The molecule has 4 heteroatoms. The van der Waals surface area contributed by atoms with Crippen LogP contribution in [0.4, 0.5) is 5.82 Å². The highest BCUT2D eigenvalue weighted by atomic mass is 15.0. The van der Waals surface area contributed by atoms with Crippen LogP contribution in [0.2, 0.25) is 0 Å². The Hall–Kier alpha value is -1.16. The zero-order chi connectivity index (χ0) is 10.6. The molecule has 0 spiro atoms. The van der Waals surface area contributed by atoms with Crippen molar-refractivity contribution in [1.82, 2.24) is 9.97 Å². The van der Waals surface area contributed by atoms with Gasteiger partial charge in [-0.05, 0) is 33.7 Å². The summed E-state index contributed by atoms with van der Waals surface area (Å²) in [6.07, 6.45) is 0.947. The van der Waals surface area contributed by atoms with Gasteiger partial charge in [-0.2, -0.15) is 0 Å². The van der Waals surface area contributed by atoms with Crippen molar-refractivity contribution >= 4 is 5.82 Å². The summed E-state index contributed by atoms with van der Waals surface area (Å²) in [5, 5.41) is 3.29. The molecule has 0 aliphatic rings. The SMILES string of the molecule is Cc1cc(NC(C)CCN)nc(C)n1. The number of aromatic nitrogens is 2. The van der Waals surface area contributed by atoms with Crippen molar-refractivity contribution in [2.45, 2.75) is 33.2 Å². The number of rotatable bonds is 4. The van der Waals surface area contributed by atoms with E-state index in [1.54, 1.807) is 0 Å². The summed E-state index contributed by atoms with van der Waals surface area (Å²) in [5.74, 6) is 1.68. The Morgan fingerprint density at radius 1 is 1.43 bits per heavy atom. The van der Waals surface area contributed by atoms with Gasteiger partial charge in [0.2, 0.25) is 0 Å². The molecule has 0 saturated carbocycles. The molecule has 0 bridgehead atoms. The van der Waals surface area contributed by atoms with Gasteiger partial charge in [-0.15, -0.1) is 0 Å². The van der Waals surface area contributed by atoms with Gasteiger partial charge in [-0.3, -0.25) is 0 Å². The molecule has 1 aromatic heterocycles. The third kappa shape index (κ3) is 3.30. The lowest BCUT2D eigenvalue weighted by molar-refractivity contribution is 0.712. The maximum atomic E-state index is 5.47. The number of hydrogen-bond donors (Lipinski definition) is 2. The number of anilines is 1. The van der Waals surface area contributed by atoms with E-state index in [1.807, 2.05) is 19.9 Å². The van der Waals surface area contributed by atoms with Crippen molar-refractivity contribution < 1.29 is 0 Å². The Bertz CT molecular complexity index is 278. The number of hydrogen-bond acceptors (Lipinski definition) is 4. The van der Waals surface area contributed by atoms with Gasteiger partial charge < -0.3 is 11.1 Å². The molecule has 1 rings (SSSR count). The van der Waals surface area contributed by atoms with Crippen LogP contribution in [0.1, 0.15) is 24.9 Å². The van der Waals surface area contributed by atoms with Gasteiger partial charge in [-0.25, -0.2) is 9.97 Å². The van der Waals surface area contributed by atoms with Gasteiger partial charge >= 0.3 is 0 Å². The Balaban J connectivity index is 2.66. The summed E-state index contributed by atoms with van der Waals surface area (Å²) in [7, 11) is 0. The average molecular weight is 194 g/mol. The van der Waals surface area contributed by atoms with E-state index >= 15 is 0 Å². The molecular weight excluding hydrogens is 176 g/mol. The average Bonchev–Trinajstić information content (AvgIpc) is 2.01. The van der Waals surface area contributed by atoms with Crippen LogP contribution in [-0.2, 0) is 0 Å². The molecule has 14 heavy (non-hydrogen) atoms. The molecule has 0 aromatic carbocycles. The predicted molar refractivity (Wildman–Crippen MR) is 58.3 cm³/mol. The van der Waals surface area contributed by atoms with Crippen LogP contribution >= 0.6 is 0 Å². The standard InChI is InChI=1S/C10H18N4/c1-7(4-5-11)13-10-6-8(2)12-9(3)14-10/h6-7H,4-5,11H2,1-3H3,(H,12,13,14). The van der Waals surface area contributed by atoms with Crippen LogP contribution in [0.3, 0.4) is 0 Å². The first kappa shape index (κ1) is 10.9. The lowest BCUT2D eigenvalue weighted by atomic mass is 10.2. The van der Waals surface area contributed by atoms with Crippen LogP contribution < -0.4 is 11.1 Å². The molecule has 0 radical (unpaired) electrons. The highest BCUT2D eigenvalue weighted by Gasteiger charge is 2.03. The van der Waals surface area contributed by atoms with E-state index in [4.69, 9.17) is 5.73 Å². The van der Waals surface area contributed by atoms with Gasteiger partial charge in [0.05, 0.1) is 0 Å². The molecule has 1 aromatic rings. The number of nitrogens with one attached hydrogen (secondary N) is 1. The van der Waals surface area contributed by atoms with Gasteiger partial charge in [0.25, 0.3) is 0 Å². The third-order valence-electron chi connectivity index (χ3n) is 1.96. The molecule has 1 unspecified atom stereocenters. The van der Waals surface area contributed by atoms with Crippen LogP contribution in [-0.4, -0.2) is 22.6 Å². The lowest BCUT2D eigenvalue weighted by Crippen LogP contribution is -2.20. The molecule has 0 fully saturated rings. The molecule has 1 atom stereocenters. The van der Waals surface area contributed by atoms with Crippen LogP contribution in [0.5, 0.6) is 0 Å². The van der Waals surface area contributed by atoms with E-state index in [1.165, 1.54) is 0 Å². The fraction of sp³-hybridized carbons (Fsp3) is 0.600. The van der Waals surface area contributed by atoms with Crippen molar-refractivity contribution in [2.24, 2.45) is 5.73 Å². The molecule has 4 nitrogen and oxygen atoms in total. The highest BCUT2D eigenvalue weighted by molar-refractivity contribution is 5.36. The van der Waals surface area contributed by atoms with Crippen molar-refractivity contribution in [3.8, 4) is 0 Å². The molecule has 3 N–H and O–H groups in total. The van der Waals surface area contributed by atoms with E-state index in [2.05, 4.69) is 22.2 Å². The summed E-state index contributed by atoms with van der Waals surface area (Å²) >= 11 is 0. The van der Waals surface area contributed by atoms with Crippen LogP contribution in [0.25, 0.3) is 0 Å². The Labute approximate surface area is 85.0 Å². The highest BCUT2D eigenvalue weighted by Crippen LogP contribution is 2.07. The number of nitrogens with two attached hydrogens (primary N) is 1. The maximum absolute atomic E-state index is 5.47. The fourth-order valence-corrected chi connectivity index (χ4v) is 1.37. The summed E-state index contributed by atoms with van der Waals surface area (Å²) < 4.78 is 0. The van der Waals surface area contributed by atoms with Gasteiger partial charge in [0, 0.05) is 17.8 Å². The Morgan fingerprint density at radius 2 is 2.14 bits per heavy atom. The monoisotopic (exact) mass is 194 g/mol. The van der Waals surface area contributed by atoms with E-state index in [0.29, 0.717) is 12.6 Å². The minimum absolute atomic E-state index is 0.355. The largest absolute Gasteiger partial charge is 0.367 e. The first-order valence-electron chi connectivity index (χ1n) is 4.90. The molecule has 0 saturated heterocycles. The molecule has 1 heterocycles. The fourth-order valence-electron chi connectivity index (χ4n) is 1.37. The summed E-state index contributed by atoms with van der Waals surface area (Å²) in [6.45, 7) is 6.65. The molecule has 0 amide bonds. The predicted octanol–water partition coefficient (Wildman–Crippen LogP) is 1.24. The zero-order valence-corrected chi connectivity index (χ0v) is 9.04. The minimum atomic E-state index is 0.355. The Morgan fingerprint density at radius 3 is 2.71 bits per heavy atom. The quantitative estimate of drug-likeness (QED) is 0.757. The second kappa shape index (κ2) is 4.91. The molecule has 0 aliphatic heterocycles. The lowest BCUT2D eigenvalue weighted by Gasteiger charge is -2.13. The zero-order valence-electron chi connectivity index (χ0n) is 9.04. The normalized spacial score (nSPS) is 12.6. The molecular formula is C10H18N4. The number of nitrogens with zero attached hydrogens (tertiary/aromatic N) is 2. The number of aryl methyl sites for hydroxylation is 2.